The van der Waals surface area contributed by atoms with Crippen LogP contribution in [0.25, 0.3) is 0 Å². The third kappa shape index (κ3) is 1.24. The minimum atomic E-state index is -0.713. The van der Waals surface area contributed by atoms with Crippen molar-refractivity contribution in [2.45, 2.75) is 39.5 Å². The highest BCUT2D eigenvalue weighted by molar-refractivity contribution is 6.14. The van der Waals surface area contributed by atoms with E-state index < -0.39 is 5.41 Å². The summed E-state index contributed by atoms with van der Waals surface area (Å²) in [6.07, 6.45) is 6.45. The molecule has 1 spiro atoms. The van der Waals surface area contributed by atoms with E-state index in [1.165, 1.54) is 0 Å². The van der Waals surface area contributed by atoms with Crippen molar-refractivity contribution in [3.63, 3.8) is 0 Å². The fraction of sp³-hybridized carbons (Fsp3) is 0.667. The second-order valence-corrected chi connectivity index (χ2v) is 5.14. The predicted molar refractivity (Wildman–Crippen MR) is 53.8 cm³/mol. The summed E-state index contributed by atoms with van der Waals surface area (Å²) in [5, 5.41) is 0. The molecule has 1 fully saturated rings. The van der Waals surface area contributed by atoms with Gasteiger partial charge in [0.1, 0.15) is 5.41 Å². The molecule has 0 radical (unpaired) electrons. The number of carbonyl (C=O) groups excluding carboxylic acids is 2. The van der Waals surface area contributed by atoms with Gasteiger partial charge in [-0.15, -0.1) is 0 Å². The van der Waals surface area contributed by atoms with E-state index in [1.807, 2.05) is 12.2 Å². The molecule has 0 N–H and O–H groups in total. The van der Waals surface area contributed by atoms with E-state index in [2.05, 4.69) is 13.8 Å². The standard InChI is InChI=1S/C12H16O2/c1-11(2)5-7-12(8-6-11)9(13)3-4-10(12)14/h5,7H,3-4,6,8H2,1-2H3. The van der Waals surface area contributed by atoms with Crippen molar-refractivity contribution in [3.8, 4) is 0 Å². The van der Waals surface area contributed by atoms with Crippen LogP contribution >= 0.6 is 0 Å². The Morgan fingerprint density at radius 2 is 1.57 bits per heavy atom. The van der Waals surface area contributed by atoms with E-state index in [0.29, 0.717) is 19.3 Å². The van der Waals surface area contributed by atoms with Crippen LogP contribution in [0.5, 0.6) is 0 Å². The van der Waals surface area contributed by atoms with Gasteiger partial charge in [0, 0.05) is 12.8 Å². The van der Waals surface area contributed by atoms with Gasteiger partial charge in [0.05, 0.1) is 0 Å². The first-order chi connectivity index (χ1) is 6.46. The van der Waals surface area contributed by atoms with Crippen LogP contribution in [0, 0.1) is 10.8 Å². The van der Waals surface area contributed by atoms with Crippen LogP contribution in [-0.2, 0) is 9.59 Å². The topological polar surface area (TPSA) is 34.1 Å². The number of rotatable bonds is 0. The summed E-state index contributed by atoms with van der Waals surface area (Å²) in [5.41, 5.74) is -0.566. The smallest absolute Gasteiger partial charge is 0.150 e. The van der Waals surface area contributed by atoms with Crippen LogP contribution in [-0.4, -0.2) is 11.6 Å². The van der Waals surface area contributed by atoms with Gasteiger partial charge in [-0.3, -0.25) is 9.59 Å². The van der Waals surface area contributed by atoms with Gasteiger partial charge in [-0.25, -0.2) is 0 Å². The Morgan fingerprint density at radius 3 is 2.00 bits per heavy atom. The van der Waals surface area contributed by atoms with Gasteiger partial charge in [0.2, 0.25) is 0 Å². The molecule has 0 amide bonds. The highest BCUT2D eigenvalue weighted by Crippen LogP contribution is 2.45. The van der Waals surface area contributed by atoms with E-state index in [1.54, 1.807) is 0 Å². The molecule has 0 unspecified atom stereocenters. The zero-order valence-electron chi connectivity index (χ0n) is 8.80. The van der Waals surface area contributed by atoms with Crippen LogP contribution in [0.15, 0.2) is 12.2 Å². The van der Waals surface area contributed by atoms with Crippen LogP contribution in [0.2, 0.25) is 0 Å². The van der Waals surface area contributed by atoms with E-state index in [9.17, 15) is 9.59 Å². The van der Waals surface area contributed by atoms with Crippen molar-refractivity contribution in [1.29, 1.82) is 0 Å². The van der Waals surface area contributed by atoms with Crippen LogP contribution < -0.4 is 0 Å². The average Bonchev–Trinajstić information content (AvgIpc) is 2.39. The molecule has 0 saturated heterocycles. The first-order valence-electron chi connectivity index (χ1n) is 5.23. The van der Waals surface area contributed by atoms with Crippen molar-refractivity contribution >= 4 is 11.6 Å². The molecule has 2 nitrogen and oxygen atoms in total. The molecule has 2 heteroatoms. The van der Waals surface area contributed by atoms with Crippen molar-refractivity contribution in [2.75, 3.05) is 0 Å². The maximum atomic E-state index is 11.7. The molecule has 2 rings (SSSR count). The lowest BCUT2D eigenvalue weighted by atomic mass is 9.69. The minimum absolute atomic E-state index is 0.134. The Kier molecular flexibility index (Phi) is 1.91. The Hall–Kier alpha value is -0.920. The molecule has 1 saturated carbocycles. The first-order valence-corrected chi connectivity index (χ1v) is 5.23. The monoisotopic (exact) mass is 192 g/mol. The third-order valence-electron chi connectivity index (χ3n) is 3.56. The predicted octanol–water partition coefficient (Wildman–Crippen LogP) is 2.28. The summed E-state index contributed by atoms with van der Waals surface area (Å²) < 4.78 is 0. The Morgan fingerprint density at radius 1 is 1.00 bits per heavy atom. The van der Waals surface area contributed by atoms with Crippen molar-refractivity contribution < 1.29 is 9.59 Å². The molecule has 0 bridgehead atoms. The molecule has 14 heavy (non-hydrogen) atoms. The van der Waals surface area contributed by atoms with Gasteiger partial charge >= 0.3 is 0 Å². The normalized spacial score (nSPS) is 28.7. The summed E-state index contributed by atoms with van der Waals surface area (Å²) in [5.74, 6) is 0.267. The number of allylic oxidation sites excluding steroid dienone is 2. The summed E-state index contributed by atoms with van der Waals surface area (Å²) >= 11 is 0. The molecule has 2 aliphatic rings. The van der Waals surface area contributed by atoms with E-state index >= 15 is 0 Å². The average molecular weight is 192 g/mol. The molecule has 0 heterocycles. The number of carbonyl (C=O) groups is 2. The third-order valence-corrected chi connectivity index (χ3v) is 3.56. The summed E-state index contributed by atoms with van der Waals surface area (Å²) in [6, 6.07) is 0. The van der Waals surface area contributed by atoms with Gasteiger partial charge in [-0.2, -0.15) is 0 Å². The molecular weight excluding hydrogens is 176 g/mol. The van der Waals surface area contributed by atoms with E-state index in [-0.39, 0.29) is 17.0 Å². The van der Waals surface area contributed by atoms with Gasteiger partial charge < -0.3 is 0 Å². The quantitative estimate of drug-likeness (QED) is 0.436. The number of hydrogen-bond acceptors (Lipinski definition) is 2. The SMILES string of the molecule is CC1(C)C=CC2(CC1)C(=O)CCC2=O. The largest absolute Gasteiger partial charge is 0.298 e. The zero-order chi connectivity index (χ0) is 10.4. The fourth-order valence-electron chi connectivity index (χ4n) is 2.35. The summed E-state index contributed by atoms with van der Waals surface area (Å²) in [4.78, 5) is 23.4. The lowest BCUT2D eigenvalue weighted by Crippen LogP contribution is -2.35. The van der Waals surface area contributed by atoms with Gasteiger partial charge in [-0.05, 0) is 18.3 Å². The maximum absolute atomic E-state index is 11.7. The Balaban J connectivity index is 2.35. The van der Waals surface area contributed by atoms with Gasteiger partial charge in [0.15, 0.2) is 11.6 Å². The lowest BCUT2D eigenvalue weighted by molar-refractivity contribution is -0.132. The van der Waals surface area contributed by atoms with E-state index in [0.717, 1.165) is 6.42 Å². The highest BCUT2D eigenvalue weighted by Gasteiger charge is 2.49. The molecule has 76 valence electrons. The molecule has 0 aromatic rings. The molecule has 0 aromatic heterocycles. The lowest BCUT2D eigenvalue weighted by Gasteiger charge is -2.33. The molecule has 0 aliphatic heterocycles. The van der Waals surface area contributed by atoms with Crippen LogP contribution in [0.1, 0.15) is 39.5 Å². The number of Topliss-reactive ketones (excluding diaryl/α,β-unsaturated/α-hetero) is 2. The van der Waals surface area contributed by atoms with Crippen molar-refractivity contribution in [2.24, 2.45) is 10.8 Å². The highest BCUT2D eigenvalue weighted by atomic mass is 16.2. The summed E-state index contributed by atoms with van der Waals surface area (Å²) in [6.45, 7) is 4.28. The summed E-state index contributed by atoms with van der Waals surface area (Å²) in [7, 11) is 0. The molecule has 0 aromatic carbocycles. The Bertz CT molecular complexity index is 307. The van der Waals surface area contributed by atoms with Crippen molar-refractivity contribution in [3.05, 3.63) is 12.2 Å². The zero-order valence-corrected chi connectivity index (χ0v) is 8.80. The number of ketones is 2. The molecule has 2 aliphatic carbocycles. The maximum Gasteiger partial charge on any atom is 0.150 e. The fourth-order valence-corrected chi connectivity index (χ4v) is 2.35. The van der Waals surface area contributed by atoms with Crippen LogP contribution in [0.3, 0.4) is 0 Å². The van der Waals surface area contributed by atoms with Crippen LogP contribution in [0.4, 0.5) is 0 Å². The van der Waals surface area contributed by atoms with Crippen molar-refractivity contribution in [1.82, 2.24) is 0 Å². The number of hydrogen-bond donors (Lipinski definition) is 0. The van der Waals surface area contributed by atoms with Gasteiger partial charge in [-0.1, -0.05) is 26.0 Å². The molecule has 0 atom stereocenters. The first kappa shape index (κ1) is 9.63. The van der Waals surface area contributed by atoms with Gasteiger partial charge in [0.25, 0.3) is 0 Å². The molecular formula is C12H16O2. The Labute approximate surface area is 84.4 Å². The van der Waals surface area contributed by atoms with E-state index in [4.69, 9.17) is 0 Å². The second kappa shape index (κ2) is 2.78. The minimum Gasteiger partial charge on any atom is -0.298 e. The second-order valence-electron chi connectivity index (χ2n) is 5.14.